The molecule has 0 aromatic heterocycles. The van der Waals surface area contributed by atoms with Gasteiger partial charge in [0.2, 0.25) is 11.8 Å². The van der Waals surface area contributed by atoms with Crippen LogP contribution in [0.1, 0.15) is 17.2 Å². The molecule has 5 nitrogen and oxygen atoms in total. The molecule has 3 aromatic rings. The van der Waals surface area contributed by atoms with E-state index in [0.717, 1.165) is 21.9 Å². The lowest BCUT2D eigenvalue weighted by atomic mass is 10.0. The monoisotopic (exact) mass is 389 g/mol. The Kier molecular flexibility index (Phi) is 6.98. The average molecular weight is 389 g/mol. The summed E-state index contributed by atoms with van der Waals surface area (Å²) in [5, 5.41) is 7.80. The first-order valence-corrected chi connectivity index (χ1v) is 9.76. The fourth-order valence-electron chi connectivity index (χ4n) is 3.41. The van der Waals surface area contributed by atoms with Crippen molar-refractivity contribution >= 4 is 22.6 Å². The SMILES string of the molecule is CN(C)[C@@H](CNC(=O)CNC(=O)Cc1cccc2ccccc12)c1ccccc1. The van der Waals surface area contributed by atoms with Gasteiger partial charge in [0.05, 0.1) is 19.0 Å². The van der Waals surface area contributed by atoms with E-state index in [1.807, 2.05) is 86.9 Å². The third-order valence-electron chi connectivity index (χ3n) is 4.98. The Morgan fingerprint density at radius 2 is 1.52 bits per heavy atom. The van der Waals surface area contributed by atoms with E-state index in [1.165, 1.54) is 0 Å². The number of amides is 2. The Labute approximate surface area is 171 Å². The molecule has 2 N–H and O–H groups in total. The lowest BCUT2D eigenvalue weighted by Gasteiger charge is -2.25. The van der Waals surface area contributed by atoms with E-state index in [1.54, 1.807) is 0 Å². The zero-order valence-electron chi connectivity index (χ0n) is 16.9. The molecule has 3 aromatic carbocycles. The first-order valence-electron chi connectivity index (χ1n) is 9.76. The number of carbonyl (C=O) groups excluding carboxylic acids is 2. The Morgan fingerprint density at radius 1 is 0.828 bits per heavy atom. The van der Waals surface area contributed by atoms with Crippen LogP contribution in [0.25, 0.3) is 10.8 Å². The van der Waals surface area contributed by atoms with E-state index >= 15 is 0 Å². The van der Waals surface area contributed by atoms with Gasteiger partial charge in [-0.15, -0.1) is 0 Å². The number of fused-ring (bicyclic) bond motifs is 1. The van der Waals surface area contributed by atoms with E-state index in [-0.39, 0.29) is 30.8 Å². The Balaban J connectivity index is 1.50. The molecule has 0 aliphatic carbocycles. The number of benzene rings is 3. The molecule has 150 valence electrons. The molecule has 0 fully saturated rings. The standard InChI is InChI=1S/C24H27N3O2/c1-27(2)22(19-10-4-3-5-11-19)16-25-24(29)17-26-23(28)15-20-13-8-12-18-9-6-7-14-21(18)20/h3-14,22H,15-17H2,1-2H3,(H,25,29)(H,26,28)/t22-/m0/s1. The van der Waals surface area contributed by atoms with Crippen molar-refractivity contribution in [1.29, 1.82) is 0 Å². The van der Waals surface area contributed by atoms with E-state index in [4.69, 9.17) is 0 Å². The summed E-state index contributed by atoms with van der Waals surface area (Å²) in [5.74, 6) is -0.359. The highest BCUT2D eigenvalue weighted by molar-refractivity contribution is 5.91. The second kappa shape index (κ2) is 9.85. The van der Waals surface area contributed by atoms with E-state index in [2.05, 4.69) is 15.5 Å². The zero-order valence-corrected chi connectivity index (χ0v) is 16.9. The summed E-state index contributed by atoms with van der Waals surface area (Å²) < 4.78 is 0. The van der Waals surface area contributed by atoms with Crippen LogP contribution in [0.3, 0.4) is 0 Å². The van der Waals surface area contributed by atoms with Crippen molar-refractivity contribution < 1.29 is 9.59 Å². The number of hydrogen-bond donors (Lipinski definition) is 2. The van der Waals surface area contributed by atoms with Gasteiger partial charge in [0, 0.05) is 6.54 Å². The smallest absolute Gasteiger partial charge is 0.239 e. The Hall–Kier alpha value is -3.18. The first kappa shape index (κ1) is 20.6. The quantitative estimate of drug-likeness (QED) is 0.623. The normalized spacial score (nSPS) is 12.0. The summed E-state index contributed by atoms with van der Waals surface area (Å²) in [6.07, 6.45) is 0.249. The van der Waals surface area contributed by atoms with Gasteiger partial charge in [-0.3, -0.25) is 9.59 Å². The van der Waals surface area contributed by atoms with Crippen LogP contribution < -0.4 is 10.6 Å². The fraction of sp³-hybridized carbons (Fsp3) is 0.250. The van der Waals surface area contributed by atoms with Crippen LogP contribution >= 0.6 is 0 Å². The minimum atomic E-state index is -0.195. The van der Waals surface area contributed by atoms with Crippen molar-refractivity contribution in [1.82, 2.24) is 15.5 Å². The van der Waals surface area contributed by atoms with Gasteiger partial charge < -0.3 is 15.5 Å². The molecule has 0 aliphatic rings. The number of hydrogen-bond acceptors (Lipinski definition) is 3. The van der Waals surface area contributed by atoms with Gasteiger partial charge in [-0.05, 0) is 36.0 Å². The van der Waals surface area contributed by atoms with Crippen LogP contribution in [0.4, 0.5) is 0 Å². The van der Waals surface area contributed by atoms with Crippen LogP contribution in [0.2, 0.25) is 0 Å². The van der Waals surface area contributed by atoms with Gasteiger partial charge >= 0.3 is 0 Å². The number of carbonyl (C=O) groups is 2. The summed E-state index contributed by atoms with van der Waals surface area (Å²) in [4.78, 5) is 26.6. The maximum Gasteiger partial charge on any atom is 0.239 e. The van der Waals surface area contributed by atoms with Gasteiger partial charge in [0.15, 0.2) is 0 Å². The molecule has 0 unspecified atom stereocenters. The summed E-state index contributed by atoms with van der Waals surface area (Å²) in [6, 6.07) is 24.0. The highest BCUT2D eigenvalue weighted by atomic mass is 16.2. The first-order chi connectivity index (χ1) is 14.0. The molecule has 0 heterocycles. The highest BCUT2D eigenvalue weighted by Gasteiger charge is 2.15. The van der Waals surface area contributed by atoms with Crippen molar-refractivity contribution in [2.75, 3.05) is 27.2 Å². The number of nitrogens with zero attached hydrogens (tertiary/aromatic N) is 1. The van der Waals surface area contributed by atoms with E-state index in [0.29, 0.717) is 6.54 Å². The molecule has 0 saturated heterocycles. The van der Waals surface area contributed by atoms with Crippen molar-refractivity contribution in [2.45, 2.75) is 12.5 Å². The van der Waals surface area contributed by atoms with Crippen LogP contribution in [-0.2, 0) is 16.0 Å². The van der Waals surface area contributed by atoms with Crippen LogP contribution in [0.5, 0.6) is 0 Å². The molecule has 0 bridgehead atoms. The predicted molar refractivity (Wildman–Crippen MR) is 117 cm³/mol. The fourth-order valence-corrected chi connectivity index (χ4v) is 3.41. The molecule has 0 radical (unpaired) electrons. The minimum absolute atomic E-state index is 0.0292. The summed E-state index contributed by atoms with van der Waals surface area (Å²) in [7, 11) is 3.96. The second-order valence-electron chi connectivity index (χ2n) is 7.29. The maximum absolute atomic E-state index is 12.3. The number of nitrogens with one attached hydrogen (secondary N) is 2. The molecule has 5 heteroatoms. The topological polar surface area (TPSA) is 61.4 Å². The van der Waals surface area contributed by atoms with Crippen LogP contribution in [-0.4, -0.2) is 43.9 Å². The molecule has 0 aliphatic heterocycles. The molecule has 2 amide bonds. The Morgan fingerprint density at radius 3 is 2.28 bits per heavy atom. The molecule has 29 heavy (non-hydrogen) atoms. The van der Waals surface area contributed by atoms with Crippen LogP contribution in [0.15, 0.2) is 72.8 Å². The highest BCUT2D eigenvalue weighted by Crippen LogP contribution is 2.19. The van der Waals surface area contributed by atoms with Crippen molar-refractivity contribution in [3.8, 4) is 0 Å². The lowest BCUT2D eigenvalue weighted by molar-refractivity contribution is -0.125. The molecule has 0 saturated carbocycles. The summed E-state index contributed by atoms with van der Waals surface area (Å²) in [5.41, 5.74) is 2.09. The van der Waals surface area contributed by atoms with Gasteiger partial charge in [-0.2, -0.15) is 0 Å². The molecule has 0 spiro atoms. The third kappa shape index (κ3) is 5.65. The van der Waals surface area contributed by atoms with Gasteiger partial charge in [0.25, 0.3) is 0 Å². The summed E-state index contributed by atoms with van der Waals surface area (Å²) in [6.45, 7) is 0.452. The second-order valence-corrected chi connectivity index (χ2v) is 7.29. The van der Waals surface area contributed by atoms with Crippen molar-refractivity contribution in [2.24, 2.45) is 0 Å². The number of likely N-dealkylation sites (N-methyl/N-ethyl adjacent to an activating group) is 1. The third-order valence-corrected chi connectivity index (χ3v) is 4.98. The molecule has 1 atom stereocenters. The molecular formula is C24H27N3O2. The van der Waals surface area contributed by atoms with Gasteiger partial charge in [0.1, 0.15) is 0 Å². The largest absolute Gasteiger partial charge is 0.353 e. The molecule has 3 rings (SSSR count). The van der Waals surface area contributed by atoms with E-state index < -0.39 is 0 Å². The minimum Gasteiger partial charge on any atom is -0.353 e. The van der Waals surface area contributed by atoms with Crippen LogP contribution in [0, 0.1) is 0 Å². The predicted octanol–water partition coefficient (Wildman–Crippen LogP) is 2.92. The number of rotatable bonds is 8. The lowest BCUT2D eigenvalue weighted by Crippen LogP contribution is -2.41. The Bertz CT molecular complexity index is 965. The molecular weight excluding hydrogens is 362 g/mol. The summed E-state index contributed by atoms with van der Waals surface area (Å²) >= 11 is 0. The average Bonchev–Trinajstić information content (AvgIpc) is 2.73. The maximum atomic E-state index is 12.3. The zero-order chi connectivity index (χ0) is 20.6. The van der Waals surface area contributed by atoms with E-state index in [9.17, 15) is 9.59 Å². The van der Waals surface area contributed by atoms with Gasteiger partial charge in [-0.25, -0.2) is 0 Å². The van der Waals surface area contributed by atoms with Crippen molar-refractivity contribution in [3.05, 3.63) is 83.9 Å². The van der Waals surface area contributed by atoms with Crippen molar-refractivity contribution in [3.63, 3.8) is 0 Å². The van der Waals surface area contributed by atoms with Gasteiger partial charge in [-0.1, -0.05) is 72.8 Å².